The largest absolute Gasteiger partial charge is 0.388 e. The van der Waals surface area contributed by atoms with Crippen LogP contribution in [0.3, 0.4) is 0 Å². The highest BCUT2D eigenvalue weighted by Crippen LogP contribution is 2.20. The molecule has 0 saturated carbocycles. The fraction of sp³-hybridized carbons (Fsp3) is 0.909. The Morgan fingerprint density at radius 3 is 2.14 bits per heavy atom. The molecule has 0 bridgehead atoms. The third-order valence-electron chi connectivity index (χ3n) is 2.74. The number of amides is 1. The van der Waals surface area contributed by atoms with Gasteiger partial charge in [-0.3, -0.25) is 4.79 Å². The van der Waals surface area contributed by atoms with Gasteiger partial charge in [-0.25, -0.2) is 0 Å². The number of hydrogen-bond donors (Lipinski definition) is 2. The van der Waals surface area contributed by atoms with Gasteiger partial charge in [0, 0.05) is 6.42 Å². The lowest BCUT2D eigenvalue weighted by Gasteiger charge is -2.38. The lowest BCUT2D eigenvalue weighted by atomic mass is 9.86. The fourth-order valence-corrected chi connectivity index (χ4v) is 0.901. The van der Waals surface area contributed by atoms with Gasteiger partial charge < -0.3 is 10.4 Å². The highest BCUT2D eigenvalue weighted by Gasteiger charge is 2.35. The summed E-state index contributed by atoms with van der Waals surface area (Å²) >= 11 is 0. The van der Waals surface area contributed by atoms with E-state index in [9.17, 15) is 9.90 Å². The van der Waals surface area contributed by atoms with Gasteiger partial charge in [-0.15, -0.1) is 0 Å². The van der Waals surface area contributed by atoms with Crippen molar-refractivity contribution in [2.45, 2.75) is 65.0 Å². The van der Waals surface area contributed by atoms with Gasteiger partial charge in [0.15, 0.2) is 0 Å². The second-order valence-electron chi connectivity index (χ2n) is 4.84. The van der Waals surface area contributed by atoms with E-state index in [1.807, 2.05) is 13.8 Å². The van der Waals surface area contributed by atoms with Gasteiger partial charge >= 0.3 is 0 Å². The van der Waals surface area contributed by atoms with Crippen molar-refractivity contribution in [2.75, 3.05) is 0 Å². The molecule has 0 spiro atoms. The van der Waals surface area contributed by atoms with Crippen molar-refractivity contribution in [3.63, 3.8) is 0 Å². The van der Waals surface area contributed by atoms with Crippen molar-refractivity contribution in [1.29, 1.82) is 0 Å². The molecule has 0 aliphatic rings. The summed E-state index contributed by atoms with van der Waals surface area (Å²) in [6, 6.07) is 0. The van der Waals surface area contributed by atoms with E-state index in [0.29, 0.717) is 6.42 Å². The molecule has 3 heteroatoms. The smallest absolute Gasteiger partial charge is 0.220 e. The van der Waals surface area contributed by atoms with E-state index in [4.69, 9.17) is 0 Å². The lowest BCUT2D eigenvalue weighted by Crippen LogP contribution is -2.57. The molecule has 3 nitrogen and oxygen atoms in total. The first-order chi connectivity index (χ1) is 6.20. The Bertz CT molecular complexity index is 192. The molecule has 0 aliphatic carbocycles. The average Bonchev–Trinajstić information content (AvgIpc) is 1.97. The van der Waals surface area contributed by atoms with Crippen LogP contribution in [0.2, 0.25) is 0 Å². The number of nitrogens with one attached hydrogen (secondary N) is 1. The normalized spacial score (nSPS) is 12.7. The van der Waals surface area contributed by atoms with Crippen LogP contribution in [0.4, 0.5) is 0 Å². The molecule has 0 aliphatic heterocycles. The molecule has 0 unspecified atom stereocenters. The third kappa shape index (κ3) is 4.09. The number of carbonyl (C=O) groups excluding carboxylic acids is 1. The minimum atomic E-state index is -0.908. The van der Waals surface area contributed by atoms with Gasteiger partial charge in [0.1, 0.15) is 0 Å². The molecule has 0 atom stereocenters. The summed E-state index contributed by atoms with van der Waals surface area (Å²) in [5, 5.41) is 12.6. The Hall–Kier alpha value is -0.570. The van der Waals surface area contributed by atoms with E-state index >= 15 is 0 Å². The van der Waals surface area contributed by atoms with Crippen LogP contribution in [0.5, 0.6) is 0 Å². The van der Waals surface area contributed by atoms with E-state index in [1.54, 1.807) is 13.8 Å². The molecule has 0 aromatic carbocycles. The first-order valence-electron chi connectivity index (χ1n) is 5.24. The zero-order valence-corrected chi connectivity index (χ0v) is 9.98. The van der Waals surface area contributed by atoms with Crippen LogP contribution in [0.1, 0.15) is 53.9 Å². The number of aliphatic hydroxyl groups is 1. The predicted molar refractivity (Wildman–Crippen MR) is 58.0 cm³/mol. The number of rotatable bonds is 5. The highest BCUT2D eigenvalue weighted by atomic mass is 16.3. The topological polar surface area (TPSA) is 49.3 Å². The molecular weight excluding hydrogens is 178 g/mol. The van der Waals surface area contributed by atoms with Gasteiger partial charge in [-0.1, -0.05) is 13.3 Å². The van der Waals surface area contributed by atoms with Crippen LogP contribution in [-0.2, 0) is 4.79 Å². The van der Waals surface area contributed by atoms with Crippen LogP contribution in [0, 0.1) is 0 Å². The SMILES string of the molecule is CCCCC(=O)NC(C)(C)C(C)(C)O. The average molecular weight is 201 g/mol. The predicted octanol–water partition coefficient (Wildman–Crippen LogP) is 1.84. The fourth-order valence-electron chi connectivity index (χ4n) is 0.901. The molecular formula is C11H23NO2. The molecule has 0 rings (SSSR count). The summed E-state index contributed by atoms with van der Waals surface area (Å²) in [5.74, 6) is 0.0129. The Kier molecular flexibility index (Phi) is 4.59. The Balaban J connectivity index is 4.16. The van der Waals surface area contributed by atoms with E-state index in [0.717, 1.165) is 12.8 Å². The third-order valence-corrected chi connectivity index (χ3v) is 2.74. The minimum Gasteiger partial charge on any atom is -0.388 e. The van der Waals surface area contributed by atoms with E-state index < -0.39 is 11.1 Å². The second-order valence-corrected chi connectivity index (χ2v) is 4.84. The molecule has 0 saturated heterocycles. The number of carbonyl (C=O) groups is 1. The summed E-state index contributed by atoms with van der Waals surface area (Å²) in [7, 11) is 0. The molecule has 84 valence electrons. The number of hydrogen-bond acceptors (Lipinski definition) is 2. The van der Waals surface area contributed by atoms with Crippen molar-refractivity contribution < 1.29 is 9.90 Å². The zero-order valence-electron chi connectivity index (χ0n) is 9.98. The van der Waals surface area contributed by atoms with Gasteiger partial charge in [-0.05, 0) is 34.1 Å². The first-order valence-corrected chi connectivity index (χ1v) is 5.24. The maximum absolute atomic E-state index is 11.4. The second kappa shape index (κ2) is 4.78. The zero-order chi connectivity index (χ0) is 11.4. The van der Waals surface area contributed by atoms with E-state index in [2.05, 4.69) is 12.2 Å². The monoisotopic (exact) mass is 201 g/mol. The van der Waals surface area contributed by atoms with Gasteiger partial charge in [-0.2, -0.15) is 0 Å². The lowest BCUT2D eigenvalue weighted by molar-refractivity contribution is -0.126. The summed E-state index contributed by atoms with van der Waals surface area (Å²) in [6.07, 6.45) is 2.44. The van der Waals surface area contributed by atoms with Crippen LogP contribution >= 0.6 is 0 Å². The maximum atomic E-state index is 11.4. The molecule has 0 aromatic heterocycles. The minimum absolute atomic E-state index is 0.0129. The molecule has 2 N–H and O–H groups in total. The molecule has 14 heavy (non-hydrogen) atoms. The van der Waals surface area contributed by atoms with Crippen molar-refractivity contribution in [2.24, 2.45) is 0 Å². The van der Waals surface area contributed by atoms with E-state index in [-0.39, 0.29) is 5.91 Å². The van der Waals surface area contributed by atoms with Gasteiger partial charge in [0.2, 0.25) is 5.91 Å². The molecule has 0 heterocycles. The van der Waals surface area contributed by atoms with Crippen molar-refractivity contribution in [1.82, 2.24) is 5.32 Å². The summed E-state index contributed by atoms with van der Waals surface area (Å²) < 4.78 is 0. The van der Waals surface area contributed by atoms with Crippen molar-refractivity contribution >= 4 is 5.91 Å². The van der Waals surface area contributed by atoms with Crippen LogP contribution in [0.15, 0.2) is 0 Å². The molecule has 1 amide bonds. The van der Waals surface area contributed by atoms with Crippen LogP contribution < -0.4 is 5.32 Å². The summed E-state index contributed by atoms with van der Waals surface area (Å²) in [5.41, 5.74) is -1.49. The number of unbranched alkanes of at least 4 members (excludes halogenated alkanes) is 1. The van der Waals surface area contributed by atoms with Crippen molar-refractivity contribution in [3.8, 4) is 0 Å². The Morgan fingerprint density at radius 1 is 1.29 bits per heavy atom. The maximum Gasteiger partial charge on any atom is 0.220 e. The van der Waals surface area contributed by atoms with Crippen LogP contribution in [0.25, 0.3) is 0 Å². The molecule has 0 fully saturated rings. The van der Waals surface area contributed by atoms with Gasteiger partial charge in [0.25, 0.3) is 0 Å². The quantitative estimate of drug-likeness (QED) is 0.713. The first kappa shape index (κ1) is 13.4. The van der Waals surface area contributed by atoms with Crippen LogP contribution in [-0.4, -0.2) is 22.2 Å². The molecule has 0 radical (unpaired) electrons. The Morgan fingerprint density at radius 2 is 1.79 bits per heavy atom. The highest BCUT2D eigenvalue weighted by molar-refractivity contribution is 5.76. The standard InChI is InChI=1S/C11H23NO2/c1-6-7-8-9(13)12-10(2,3)11(4,5)14/h14H,6-8H2,1-5H3,(H,12,13). The summed E-state index contributed by atoms with van der Waals surface area (Å²) in [4.78, 5) is 11.4. The Labute approximate surface area is 86.9 Å². The summed E-state index contributed by atoms with van der Waals surface area (Å²) in [6.45, 7) is 9.11. The van der Waals surface area contributed by atoms with E-state index in [1.165, 1.54) is 0 Å². The van der Waals surface area contributed by atoms with Gasteiger partial charge in [0.05, 0.1) is 11.1 Å². The van der Waals surface area contributed by atoms with Crippen molar-refractivity contribution in [3.05, 3.63) is 0 Å². The molecule has 0 aromatic rings.